The van der Waals surface area contributed by atoms with E-state index in [1.807, 2.05) is 54.6 Å². The summed E-state index contributed by atoms with van der Waals surface area (Å²) >= 11 is 1.73. The third kappa shape index (κ3) is 2.88. The molecule has 0 radical (unpaired) electrons. The molecule has 5 aromatic carbocycles. The molecule has 0 fully saturated rings. The minimum Gasteiger partial charge on any atom is -0.258 e. The van der Waals surface area contributed by atoms with Gasteiger partial charge in [0, 0.05) is 26.2 Å². The maximum atomic E-state index is 12.0. The molecule has 0 spiro atoms. The summed E-state index contributed by atoms with van der Waals surface area (Å²) in [5.74, 6) is 0. The molecule has 3 nitrogen and oxygen atoms in total. The van der Waals surface area contributed by atoms with Crippen LogP contribution in [0.2, 0.25) is 0 Å². The lowest BCUT2D eigenvalue weighted by molar-refractivity contribution is -0.384. The van der Waals surface area contributed by atoms with Gasteiger partial charge < -0.3 is 0 Å². The first kappa shape index (κ1) is 18.7. The van der Waals surface area contributed by atoms with Crippen molar-refractivity contribution in [3.63, 3.8) is 0 Å². The predicted molar refractivity (Wildman–Crippen MR) is 134 cm³/mol. The second-order valence-electron chi connectivity index (χ2n) is 7.80. The van der Waals surface area contributed by atoms with E-state index in [9.17, 15) is 10.1 Å². The van der Waals surface area contributed by atoms with Gasteiger partial charge in [-0.25, -0.2) is 0 Å². The normalized spacial score (nSPS) is 11.4. The lowest BCUT2D eigenvalue weighted by atomic mass is 9.92. The van der Waals surface area contributed by atoms with E-state index in [0.29, 0.717) is 5.56 Å². The highest BCUT2D eigenvalue weighted by molar-refractivity contribution is 7.26. The van der Waals surface area contributed by atoms with Crippen LogP contribution in [0.15, 0.2) is 103 Å². The molecule has 0 unspecified atom stereocenters. The van der Waals surface area contributed by atoms with Crippen LogP contribution in [0.1, 0.15) is 0 Å². The highest BCUT2D eigenvalue weighted by Crippen LogP contribution is 2.45. The molecule has 0 atom stereocenters. The molecule has 152 valence electrons. The Morgan fingerprint density at radius 3 is 2.06 bits per heavy atom. The standard InChI is InChI=1S/C28H17NO2S/c30-29(31)25-15-14-19(18-8-2-1-3-9-18)16-24(25)23-17-27-28(21-11-5-4-10-20(21)23)22-12-6-7-13-26(22)32-27/h1-17H. The summed E-state index contributed by atoms with van der Waals surface area (Å²) in [6.45, 7) is 0. The third-order valence-electron chi connectivity index (χ3n) is 5.98. The molecule has 0 aliphatic rings. The lowest BCUT2D eigenvalue weighted by Crippen LogP contribution is -1.94. The smallest absolute Gasteiger partial charge is 0.258 e. The van der Waals surface area contributed by atoms with Crippen LogP contribution in [0.3, 0.4) is 0 Å². The Kier molecular flexibility index (Phi) is 4.27. The van der Waals surface area contributed by atoms with Crippen molar-refractivity contribution in [2.75, 3.05) is 0 Å². The van der Waals surface area contributed by atoms with Gasteiger partial charge in [0.1, 0.15) is 0 Å². The van der Waals surface area contributed by atoms with Gasteiger partial charge in [0.25, 0.3) is 5.69 Å². The summed E-state index contributed by atoms with van der Waals surface area (Å²) in [7, 11) is 0. The Hall–Kier alpha value is -4.02. The van der Waals surface area contributed by atoms with E-state index in [1.165, 1.54) is 15.5 Å². The molecule has 0 N–H and O–H groups in total. The van der Waals surface area contributed by atoms with Crippen molar-refractivity contribution in [3.8, 4) is 22.3 Å². The summed E-state index contributed by atoms with van der Waals surface area (Å²) in [5.41, 5.74) is 3.66. The number of rotatable bonds is 3. The fourth-order valence-corrected chi connectivity index (χ4v) is 5.70. The molecule has 0 aliphatic carbocycles. The van der Waals surface area contributed by atoms with Gasteiger partial charge in [0.05, 0.1) is 10.5 Å². The summed E-state index contributed by atoms with van der Waals surface area (Å²) < 4.78 is 2.36. The van der Waals surface area contributed by atoms with E-state index in [4.69, 9.17) is 0 Å². The van der Waals surface area contributed by atoms with Gasteiger partial charge in [-0.1, -0.05) is 72.8 Å². The van der Waals surface area contributed by atoms with Gasteiger partial charge >= 0.3 is 0 Å². The Balaban J connectivity index is 1.72. The third-order valence-corrected chi connectivity index (χ3v) is 7.09. The zero-order valence-electron chi connectivity index (χ0n) is 17.0. The molecular formula is C28H17NO2S. The number of nitrogens with zero attached hydrogens (tertiary/aromatic N) is 1. The minimum absolute atomic E-state index is 0.121. The Bertz CT molecular complexity index is 1650. The number of benzene rings is 5. The molecule has 6 rings (SSSR count). The predicted octanol–water partition coefficient (Wildman–Crippen LogP) is 8.45. The number of thiophene rings is 1. The second-order valence-corrected chi connectivity index (χ2v) is 8.88. The fraction of sp³-hybridized carbons (Fsp3) is 0. The van der Waals surface area contributed by atoms with Crippen molar-refractivity contribution in [1.82, 2.24) is 0 Å². The van der Waals surface area contributed by atoms with Crippen molar-refractivity contribution < 1.29 is 4.92 Å². The summed E-state index contributed by atoms with van der Waals surface area (Å²) in [4.78, 5) is 11.7. The van der Waals surface area contributed by atoms with Crippen molar-refractivity contribution in [1.29, 1.82) is 0 Å². The highest BCUT2D eigenvalue weighted by Gasteiger charge is 2.20. The van der Waals surface area contributed by atoms with Gasteiger partial charge in [-0.05, 0) is 51.7 Å². The van der Waals surface area contributed by atoms with E-state index in [0.717, 1.165) is 32.2 Å². The maximum absolute atomic E-state index is 12.0. The van der Waals surface area contributed by atoms with Crippen LogP contribution in [0.5, 0.6) is 0 Å². The molecule has 0 saturated heterocycles. The van der Waals surface area contributed by atoms with Gasteiger partial charge in [0.15, 0.2) is 0 Å². The zero-order chi connectivity index (χ0) is 21.7. The molecule has 1 heterocycles. The first-order chi connectivity index (χ1) is 15.7. The Labute approximate surface area is 188 Å². The average molecular weight is 432 g/mol. The molecule has 32 heavy (non-hydrogen) atoms. The van der Waals surface area contributed by atoms with E-state index in [2.05, 4.69) is 42.5 Å². The zero-order valence-corrected chi connectivity index (χ0v) is 17.8. The van der Waals surface area contributed by atoms with E-state index < -0.39 is 0 Å². The molecule has 6 aromatic rings. The number of nitro groups is 1. The van der Waals surface area contributed by atoms with E-state index in [1.54, 1.807) is 17.4 Å². The van der Waals surface area contributed by atoms with Crippen molar-refractivity contribution in [3.05, 3.63) is 113 Å². The van der Waals surface area contributed by atoms with Gasteiger partial charge in [-0.2, -0.15) is 0 Å². The first-order valence-corrected chi connectivity index (χ1v) is 11.2. The summed E-state index contributed by atoms with van der Waals surface area (Å²) in [6.07, 6.45) is 0. The topological polar surface area (TPSA) is 43.1 Å². The summed E-state index contributed by atoms with van der Waals surface area (Å²) in [6, 6.07) is 34.1. The quantitative estimate of drug-likeness (QED) is 0.208. The molecular weight excluding hydrogens is 414 g/mol. The van der Waals surface area contributed by atoms with Crippen LogP contribution in [0.4, 0.5) is 5.69 Å². The first-order valence-electron chi connectivity index (χ1n) is 10.4. The van der Waals surface area contributed by atoms with Gasteiger partial charge in [-0.15, -0.1) is 11.3 Å². The summed E-state index contributed by atoms with van der Waals surface area (Å²) in [5, 5.41) is 16.6. The number of hydrogen-bond acceptors (Lipinski definition) is 3. The molecule has 0 aliphatic heterocycles. The lowest BCUT2D eigenvalue weighted by Gasteiger charge is -2.11. The van der Waals surface area contributed by atoms with Crippen LogP contribution < -0.4 is 0 Å². The van der Waals surface area contributed by atoms with Crippen LogP contribution in [-0.4, -0.2) is 4.92 Å². The molecule has 1 aromatic heterocycles. The Morgan fingerprint density at radius 1 is 0.594 bits per heavy atom. The van der Waals surface area contributed by atoms with E-state index >= 15 is 0 Å². The monoisotopic (exact) mass is 431 g/mol. The fourth-order valence-electron chi connectivity index (χ4n) is 4.53. The molecule has 4 heteroatoms. The Morgan fingerprint density at radius 2 is 1.28 bits per heavy atom. The molecule has 0 saturated carbocycles. The minimum atomic E-state index is -0.284. The number of hydrogen-bond donors (Lipinski definition) is 0. The van der Waals surface area contributed by atoms with Gasteiger partial charge in [-0.3, -0.25) is 10.1 Å². The van der Waals surface area contributed by atoms with Crippen molar-refractivity contribution in [2.24, 2.45) is 0 Å². The highest BCUT2D eigenvalue weighted by atomic mass is 32.1. The second kappa shape index (κ2) is 7.29. The number of fused-ring (bicyclic) bond motifs is 5. The van der Waals surface area contributed by atoms with Crippen molar-refractivity contribution >= 4 is 48.0 Å². The largest absolute Gasteiger partial charge is 0.277 e. The van der Waals surface area contributed by atoms with Crippen LogP contribution in [-0.2, 0) is 0 Å². The van der Waals surface area contributed by atoms with Crippen molar-refractivity contribution in [2.45, 2.75) is 0 Å². The number of nitro benzene ring substituents is 1. The SMILES string of the molecule is O=[N+]([O-])c1ccc(-c2ccccc2)cc1-c1cc2sc3ccccc3c2c2ccccc12. The molecule has 0 bridgehead atoms. The van der Waals surface area contributed by atoms with Crippen LogP contribution >= 0.6 is 11.3 Å². The van der Waals surface area contributed by atoms with E-state index in [-0.39, 0.29) is 10.6 Å². The van der Waals surface area contributed by atoms with Gasteiger partial charge in [0.2, 0.25) is 0 Å². The average Bonchev–Trinajstić information content (AvgIpc) is 3.22. The molecule has 0 amide bonds. The van der Waals surface area contributed by atoms with Crippen LogP contribution in [0.25, 0.3) is 53.2 Å². The van der Waals surface area contributed by atoms with Crippen LogP contribution in [0, 0.1) is 10.1 Å². The maximum Gasteiger partial charge on any atom is 0.277 e.